The van der Waals surface area contributed by atoms with E-state index in [1.54, 1.807) is 35.8 Å². The minimum Gasteiger partial charge on any atom is -0.326 e. The van der Waals surface area contributed by atoms with Crippen LogP contribution in [0, 0.1) is 24.2 Å². The number of piperidine rings is 1. The number of aromatic nitrogens is 3. The quantitative estimate of drug-likeness (QED) is 0.498. The van der Waals surface area contributed by atoms with Gasteiger partial charge in [-0.25, -0.2) is 18.3 Å². The molecule has 2 saturated heterocycles. The van der Waals surface area contributed by atoms with Gasteiger partial charge in [-0.3, -0.25) is 19.3 Å². The summed E-state index contributed by atoms with van der Waals surface area (Å²) in [5, 5.41) is 4.61. The molecule has 1 saturated carbocycles. The number of hydrogen-bond acceptors (Lipinski definition) is 5. The lowest BCUT2D eigenvalue weighted by Crippen LogP contribution is -2.58. The van der Waals surface area contributed by atoms with Gasteiger partial charge in [0.15, 0.2) is 0 Å². The number of halogens is 3. The number of hydrogen-bond donors (Lipinski definition) is 0. The van der Waals surface area contributed by atoms with Crippen molar-refractivity contribution >= 4 is 34.8 Å². The van der Waals surface area contributed by atoms with Crippen molar-refractivity contribution in [3.63, 3.8) is 0 Å². The largest absolute Gasteiger partial charge is 0.326 e. The second-order valence-electron chi connectivity index (χ2n) is 10.5. The first-order valence-corrected chi connectivity index (χ1v) is 11.9. The van der Waals surface area contributed by atoms with Crippen LogP contribution in [0.15, 0.2) is 30.7 Å². The van der Waals surface area contributed by atoms with Crippen molar-refractivity contribution in [3.8, 4) is 11.3 Å². The van der Waals surface area contributed by atoms with E-state index in [9.17, 15) is 23.2 Å². The number of carbonyl (C=O) groups is 3. The van der Waals surface area contributed by atoms with Gasteiger partial charge < -0.3 is 4.90 Å². The highest BCUT2D eigenvalue weighted by Gasteiger charge is 2.72. The lowest BCUT2D eigenvalue weighted by molar-refractivity contribution is -0.143. The van der Waals surface area contributed by atoms with Gasteiger partial charge in [-0.05, 0) is 41.7 Å². The summed E-state index contributed by atoms with van der Waals surface area (Å²) >= 11 is 6.32. The molecule has 0 bridgehead atoms. The molecule has 0 spiro atoms. The first kappa shape index (κ1) is 23.0. The average Bonchev–Trinajstić information content (AvgIpc) is 3.02. The van der Waals surface area contributed by atoms with Gasteiger partial charge in [0.25, 0.3) is 11.8 Å². The third kappa shape index (κ3) is 3.27. The summed E-state index contributed by atoms with van der Waals surface area (Å²) in [5.41, 5.74) is 2.48. The highest BCUT2D eigenvalue weighted by Crippen LogP contribution is 2.63. The molecule has 0 radical (unpaired) electrons. The molecule has 2 unspecified atom stereocenters. The molecule has 3 fully saturated rings. The van der Waals surface area contributed by atoms with Crippen LogP contribution in [0.1, 0.15) is 35.3 Å². The van der Waals surface area contributed by atoms with Gasteiger partial charge in [0, 0.05) is 16.8 Å². The van der Waals surface area contributed by atoms with E-state index in [0.29, 0.717) is 32.9 Å². The molecule has 2 atom stereocenters. The van der Waals surface area contributed by atoms with E-state index in [-0.39, 0.29) is 41.2 Å². The summed E-state index contributed by atoms with van der Waals surface area (Å²) in [6.07, 6.45) is 3.02. The molecule has 1 aromatic carbocycles. The lowest BCUT2D eigenvalue weighted by Gasteiger charge is -2.39. The fraction of sp³-hybridized carbons (Fsp3) is 0.400. The Hall–Kier alpha value is -3.40. The third-order valence-electron chi connectivity index (χ3n) is 7.60. The Labute approximate surface area is 209 Å². The fourth-order valence-corrected chi connectivity index (χ4v) is 5.92. The van der Waals surface area contributed by atoms with Gasteiger partial charge in [0.2, 0.25) is 11.8 Å². The van der Waals surface area contributed by atoms with Crippen LogP contribution in [0.2, 0.25) is 5.02 Å². The number of aryl methyl sites for hydroxylation is 1. The standard InChI is InChI=1S/C25H22ClF2N5O3/c1-12-4-14(26)6-15(17(12)21(34)31-9-25(27,28)10-31)20-16-5-13(8-33(16)30-11-29-20)7-32-22(35)18-19(23(32)36)24(18,2)3/h4-6,8,11,18-19H,7,9-10H2,1-3H3. The number of fused-ring (bicyclic) bond motifs is 2. The van der Waals surface area contributed by atoms with Gasteiger partial charge in [-0.15, -0.1) is 0 Å². The molecule has 0 N–H and O–H groups in total. The van der Waals surface area contributed by atoms with Gasteiger partial charge in [0.1, 0.15) is 6.33 Å². The number of rotatable bonds is 4. The van der Waals surface area contributed by atoms with Crippen LogP contribution in [0.25, 0.3) is 16.8 Å². The zero-order valence-electron chi connectivity index (χ0n) is 19.8. The first-order chi connectivity index (χ1) is 16.9. The van der Waals surface area contributed by atoms with Crippen LogP contribution in [-0.4, -0.2) is 61.1 Å². The Morgan fingerprint density at radius 3 is 2.44 bits per heavy atom. The zero-order chi connectivity index (χ0) is 25.7. The van der Waals surface area contributed by atoms with Crippen molar-refractivity contribution < 1.29 is 23.2 Å². The van der Waals surface area contributed by atoms with E-state index in [2.05, 4.69) is 10.1 Å². The number of amides is 3. The fourth-order valence-electron chi connectivity index (χ4n) is 5.65. The van der Waals surface area contributed by atoms with E-state index < -0.39 is 24.9 Å². The minimum absolute atomic E-state index is 0.104. The summed E-state index contributed by atoms with van der Waals surface area (Å²) in [5.74, 6) is -4.29. The predicted molar refractivity (Wildman–Crippen MR) is 125 cm³/mol. The number of alkyl halides is 2. The second kappa shape index (κ2) is 7.32. The van der Waals surface area contributed by atoms with Gasteiger partial charge in [-0.2, -0.15) is 5.10 Å². The molecular formula is C25H22ClF2N5O3. The Kier molecular flexibility index (Phi) is 4.68. The molecule has 3 amide bonds. The maximum absolute atomic E-state index is 13.5. The molecule has 2 aromatic heterocycles. The SMILES string of the molecule is Cc1cc(Cl)cc(-c2ncnn3cc(CN4C(=O)C5C(C4=O)C5(C)C)cc23)c1C(=O)N1CC(F)(F)C1. The van der Waals surface area contributed by atoms with Gasteiger partial charge in [0.05, 0.1) is 48.2 Å². The van der Waals surface area contributed by atoms with Crippen LogP contribution in [0.4, 0.5) is 8.78 Å². The van der Waals surface area contributed by atoms with Crippen molar-refractivity contribution in [2.45, 2.75) is 33.2 Å². The summed E-state index contributed by atoms with van der Waals surface area (Å²) in [6, 6.07) is 4.95. The molecule has 1 aliphatic carbocycles. The number of likely N-dealkylation sites (tertiary alicyclic amines) is 2. The van der Waals surface area contributed by atoms with Crippen LogP contribution < -0.4 is 0 Å². The average molecular weight is 514 g/mol. The molecule has 6 rings (SSSR count). The lowest BCUT2D eigenvalue weighted by atomic mass is 9.96. The van der Waals surface area contributed by atoms with Crippen LogP contribution in [0.3, 0.4) is 0 Å². The molecular weight excluding hydrogens is 492 g/mol. The Bertz CT molecular complexity index is 1470. The van der Waals surface area contributed by atoms with Crippen LogP contribution >= 0.6 is 11.6 Å². The van der Waals surface area contributed by atoms with Crippen molar-refractivity contribution in [3.05, 3.63) is 52.4 Å². The number of carbonyl (C=O) groups excluding carboxylic acids is 3. The highest BCUT2D eigenvalue weighted by atomic mass is 35.5. The maximum Gasteiger partial charge on any atom is 0.282 e. The molecule has 4 heterocycles. The van der Waals surface area contributed by atoms with E-state index in [0.717, 1.165) is 4.90 Å². The minimum atomic E-state index is -2.89. The highest BCUT2D eigenvalue weighted by molar-refractivity contribution is 6.31. The smallest absolute Gasteiger partial charge is 0.282 e. The van der Waals surface area contributed by atoms with Crippen LogP contribution in [0.5, 0.6) is 0 Å². The summed E-state index contributed by atoms with van der Waals surface area (Å²) in [7, 11) is 0. The Balaban J connectivity index is 1.38. The molecule has 36 heavy (non-hydrogen) atoms. The predicted octanol–water partition coefficient (Wildman–Crippen LogP) is 3.59. The van der Waals surface area contributed by atoms with E-state index in [1.807, 2.05) is 13.8 Å². The number of benzene rings is 1. The van der Waals surface area contributed by atoms with Crippen molar-refractivity contribution in [2.75, 3.05) is 13.1 Å². The maximum atomic E-state index is 13.5. The first-order valence-electron chi connectivity index (χ1n) is 11.5. The summed E-state index contributed by atoms with van der Waals surface area (Å²) in [4.78, 5) is 45.5. The summed E-state index contributed by atoms with van der Waals surface area (Å²) < 4.78 is 28.5. The number of imide groups is 1. The second-order valence-corrected chi connectivity index (χ2v) is 10.9. The molecule has 186 valence electrons. The number of nitrogens with zero attached hydrogens (tertiary/aromatic N) is 5. The van der Waals surface area contributed by atoms with Gasteiger partial charge >= 0.3 is 0 Å². The van der Waals surface area contributed by atoms with Crippen molar-refractivity contribution in [2.24, 2.45) is 17.3 Å². The molecule has 8 nitrogen and oxygen atoms in total. The van der Waals surface area contributed by atoms with Gasteiger partial charge in [-0.1, -0.05) is 25.4 Å². The summed E-state index contributed by atoms with van der Waals surface area (Å²) in [6.45, 7) is 4.37. The van der Waals surface area contributed by atoms with Crippen molar-refractivity contribution in [1.29, 1.82) is 0 Å². The Morgan fingerprint density at radius 2 is 1.81 bits per heavy atom. The third-order valence-corrected chi connectivity index (χ3v) is 7.81. The molecule has 11 heteroatoms. The topological polar surface area (TPSA) is 87.9 Å². The normalized spacial score (nSPS) is 23.7. The molecule has 2 aliphatic heterocycles. The van der Waals surface area contributed by atoms with E-state index >= 15 is 0 Å². The Morgan fingerprint density at radius 1 is 1.14 bits per heavy atom. The monoisotopic (exact) mass is 513 g/mol. The molecule has 3 aromatic rings. The van der Waals surface area contributed by atoms with Crippen LogP contribution in [-0.2, 0) is 16.1 Å². The van der Waals surface area contributed by atoms with Crippen molar-refractivity contribution in [1.82, 2.24) is 24.4 Å². The zero-order valence-corrected chi connectivity index (χ0v) is 20.5. The van der Waals surface area contributed by atoms with E-state index in [4.69, 9.17) is 11.6 Å². The molecule has 3 aliphatic rings. The van der Waals surface area contributed by atoms with E-state index in [1.165, 1.54) is 11.2 Å².